The Morgan fingerprint density at radius 1 is 1.38 bits per heavy atom. The van der Waals surface area contributed by atoms with Gasteiger partial charge in [0.1, 0.15) is 22.8 Å². The van der Waals surface area contributed by atoms with E-state index in [1.807, 2.05) is 6.92 Å². The van der Waals surface area contributed by atoms with Gasteiger partial charge in [-0.25, -0.2) is 14.6 Å². The van der Waals surface area contributed by atoms with E-state index >= 15 is 0 Å². The molecule has 0 spiro atoms. The number of oxime groups is 1. The third-order valence-corrected chi connectivity index (χ3v) is 7.19. The number of unbranched alkanes of at least 4 members (excludes halogenated alkanes) is 1. The van der Waals surface area contributed by atoms with Gasteiger partial charge in [-0.2, -0.15) is 0 Å². The number of nitrogen functional groups attached to an aromatic ring is 1. The predicted molar refractivity (Wildman–Crippen MR) is 132 cm³/mol. The first-order chi connectivity index (χ1) is 17.7. The van der Waals surface area contributed by atoms with Gasteiger partial charge >= 0.3 is 12.1 Å². The molecule has 2 amide bonds. The topological polar surface area (TPSA) is 192 Å². The summed E-state index contributed by atoms with van der Waals surface area (Å²) in [5.41, 5.74) is 5.64. The number of aromatic nitrogens is 1. The molecule has 2 aliphatic heterocycles. The molecule has 0 saturated carbocycles. The largest absolute Gasteiger partial charge is 0.511 e. The number of nitrogens with zero attached hydrogens (tertiary/aromatic N) is 3. The minimum Gasteiger partial charge on any atom is -0.434 e. The second-order valence-electron chi connectivity index (χ2n) is 7.81. The molecule has 37 heavy (non-hydrogen) atoms. The summed E-state index contributed by atoms with van der Waals surface area (Å²) >= 11 is 2.35. The van der Waals surface area contributed by atoms with Gasteiger partial charge in [0.25, 0.3) is 11.8 Å². The molecule has 16 heteroatoms. The quantitative estimate of drug-likeness (QED) is 0.0667. The van der Waals surface area contributed by atoms with Crippen molar-refractivity contribution in [3.05, 3.63) is 22.3 Å². The number of fused-ring (bicyclic) bond motifs is 1. The smallest absolute Gasteiger partial charge is 0.434 e. The van der Waals surface area contributed by atoms with Crippen LogP contribution in [0.3, 0.4) is 0 Å². The van der Waals surface area contributed by atoms with Crippen molar-refractivity contribution in [2.24, 2.45) is 5.16 Å². The van der Waals surface area contributed by atoms with Gasteiger partial charge in [-0.15, -0.1) is 23.1 Å². The van der Waals surface area contributed by atoms with Gasteiger partial charge in [-0.1, -0.05) is 18.5 Å². The van der Waals surface area contributed by atoms with Gasteiger partial charge in [0.05, 0.1) is 13.2 Å². The average Bonchev–Trinajstić information content (AvgIpc) is 3.28. The number of hydrogen-bond acceptors (Lipinski definition) is 14. The second-order valence-corrected chi connectivity index (χ2v) is 9.80. The normalized spacial score (nSPS) is 20.0. The maximum Gasteiger partial charge on any atom is 0.511 e. The highest BCUT2D eigenvalue weighted by Gasteiger charge is 2.55. The fourth-order valence-corrected chi connectivity index (χ4v) is 5.35. The number of nitrogens with two attached hydrogens (primary N) is 1. The van der Waals surface area contributed by atoms with Crippen molar-refractivity contribution < 1.29 is 43.3 Å². The molecule has 3 rings (SSSR count). The summed E-state index contributed by atoms with van der Waals surface area (Å²) < 4.78 is 20.2. The highest BCUT2D eigenvalue weighted by atomic mass is 32.2. The highest BCUT2D eigenvalue weighted by Crippen LogP contribution is 2.41. The van der Waals surface area contributed by atoms with Gasteiger partial charge in [-0.3, -0.25) is 14.5 Å². The van der Waals surface area contributed by atoms with E-state index in [4.69, 9.17) is 24.7 Å². The molecular formula is C21H27N5O9S2. The van der Waals surface area contributed by atoms with Crippen LogP contribution in [0.5, 0.6) is 0 Å². The number of thiazole rings is 1. The molecule has 2 aliphatic rings. The number of β-lactam (4-membered cyclic amide) rings is 1. The molecule has 202 valence electrons. The van der Waals surface area contributed by atoms with E-state index in [1.165, 1.54) is 36.1 Å². The van der Waals surface area contributed by atoms with Crippen molar-refractivity contribution in [3.8, 4) is 0 Å². The lowest BCUT2D eigenvalue weighted by Crippen LogP contribution is -2.71. The Balaban J connectivity index is 1.69. The number of amides is 2. The first-order valence-electron chi connectivity index (χ1n) is 11.2. The Labute approximate surface area is 220 Å². The number of carbonyl (C=O) groups is 4. The van der Waals surface area contributed by atoms with Crippen LogP contribution in [0.1, 0.15) is 32.4 Å². The SMILES string of the molecule is CCCCOC(=O)OC(C)OC(=O)C1=C(COC)CS[C@H]2C(NC(=O)C(=NO)c3csc(N)n3)C(=O)N12. The lowest BCUT2D eigenvalue weighted by Gasteiger charge is -2.49. The summed E-state index contributed by atoms with van der Waals surface area (Å²) in [5, 5.41) is 15.8. The Kier molecular flexibility index (Phi) is 9.71. The average molecular weight is 558 g/mol. The summed E-state index contributed by atoms with van der Waals surface area (Å²) in [6.07, 6.45) is -0.783. The molecule has 0 aliphatic carbocycles. The zero-order chi connectivity index (χ0) is 27.1. The summed E-state index contributed by atoms with van der Waals surface area (Å²) in [6.45, 7) is 3.49. The number of thioether (sulfide) groups is 1. The van der Waals surface area contributed by atoms with Crippen LogP contribution >= 0.6 is 23.1 Å². The zero-order valence-corrected chi connectivity index (χ0v) is 21.9. The predicted octanol–water partition coefficient (Wildman–Crippen LogP) is 1.05. The van der Waals surface area contributed by atoms with E-state index in [9.17, 15) is 24.4 Å². The molecule has 0 bridgehead atoms. The lowest BCUT2D eigenvalue weighted by molar-refractivity contribution is -0.169. The van der Waals surface area contributed by atoms with Crippen molar-refractivity contribution in [1.82, 2.24) is 15.2 Å². The van der Waals surface area contributed by atoms with E-state index in [2.05, 4.69) is 15.5 Å². The summed E-state index contributed by atoms with van der Waals surface area (Å²) in [5.74, 6) is -2.03. The molecule has 1 fully saturated rings. The van der Waals surface area contributed by atoms with Crippen molar-refractivity contribution in [1.29, 1.82) is 0 Å². The van der Waals surface area contributed by atoms with Crippen LogP contribution in [0.25, 0.3) is 0 Å². The van der Waals surface area contributed by atoms with Gasteiger partial charge < -0.3 is 35.2 Å². The molecular weight excluding hydrogens is 530 g/mol. The molecule has 3 atom stereocenters. The van der Waals surface area contributed by atoms with Gasteiger partial charge in [0.2, 0.25) is 6.29 Å². The van der Waals surface area contributed by atoms with Gasteiger partial charge in [0, 0.05) is 25.2 Å². The number of methoxy groups -OCH3 is 1. The van der Waals surface area contributed by atoms with E-state index in [-0.39, 0.29) is 29.7 Å². The number of rotatable bonds is 11. The third-order valence-electron chi connectivity index (χ3n) is 5.18. The number of esters is 1. The maximum absolute atomic E-state index is 13.0. The van der Waals surface area contributed by atoms with Crippen LogP contribution in [0.15, 0.2) is 21.8 Å². The highest BCUT2D eigenvalue weighted by molar-refractivity contribution is 8.00. The Morgan fingerprint density at radius 3 is 2.76 bits per heavy atom. The van der Waals surface area contributed by atoms with Crippen LogP contribution in [-0.4, -0.2) is 88.5 Å². The number of ether oxygens (including phenoxy) is 4. The van der Waals surface area contributed by atoms with E-state index in [0.717, 1.165) is 17.8 Å². The molecule has 4 N–H and O–H groups in total. The summed E-state index contributed by atoms with van der Waals surface area (Å²) in [7, 11) is 1.44. The summed E-state index contributed by atoms with van der Waals surface area (Å²) in [4.78, 5) is 55.6. The zero-order valence-electron chi connectivity index (χ0n) is 20.3. The van der Waals surface area contributed by atoms with Crippen LogP contribution in [0.4, 0.5) is 9.93 Å². The van der Waals surface area contributed by atoms with E-state index in [1.54, 1.807) is 0 Å². The monoisotopic (exact) mass is 557 g/mol. The van der Waals surface area contributed by atoms with Gasteiger partial charge in [-0.05, 0) is 12.0 Å². The molecule has 1 saturated heterocycles. The van der Waals surface area contributed by atoms with Crippen LogP contribution in [0.2, 0.25) is 0 Å². The minimum absolute atomic E-state index is 0.0474. The molecule has 1 aromatic rings. The molecule has 3 heterocycles. The van der Waals surface area contributed by atoms with Crippen molar-refractivity contribution in [3.63, 3.8) is 0 Å². The van der Waals surface area contributed by atoms with Crippen molar-refractivity contribution >= 4 is 57.9 Å². The fourth-order valence-electron chi connectivity index (χ4n) is 3.48. The minimum atomic E-state index is -1.29. The van der Waals surface area contributed by atoms with Crippen LogP contribution in [-0.2, 0) is 33.3 Å². The molecule has 2 unspecified atom stereocenters. The Hall–Kier alpha value is -3.37. The first-order valence-corrected chi connectivity index (χ1v) is 13.1. The van der Waals surface area contributed by atoms with E-state index in [0.29, 0.717) is 17.7 Å². The standard InChI is InChI=1S/C21H27N5O9S2/c1-4-5-6-33-21(30)35-10(2)34-19(29)15-11(7-32-3)8-36-18-14(17(28)26(15)18)24-16(27)13(25-31)12-9-37-20(22)23-12/h9-10,14,18,31H,4-8H2,1-3H3,(H2,22,23)(H,24,27)/t10?,14?,18-/m0/s1. The van der Waals surface area contributed by atoms with Crippen molar-refractivity contribution in [2.45, 2.75) is 44.4 Å². The number of nitrogens with one attached hydrogen (secondary N) is 1. The lowest BCUT2D eigenvalue weighted by atomic mass is 10.0. The van der Waals surface area contributed by atoms with Crippen molar-refractivity contribution in [2.75, 3.05) is 31.8 Å². The molecule has 0 aromatic carbocycles. The van der Waals surface area contributed by atoms with Crippen LogP contribution < -0.4 is 11.1 Å². The second kappa shape index (κ2) is 12.7. The van der Waals surface area contributed by atoms with Gasteiger partial charge in [0.15, 0.2) is 10.8 Å². The molecule has 1 aromatic heterocycles. The third kappa shape index (κ3) is 6.50. The Morgan fingerprint density at radius 2 is 2.14 bits per heavy atom. The fraction of sp³-hybridized carbons (Fsp3) is 0.524. The summed E-state index contributed by atoms with van der Waals surface area (Å²) in [6, 6.07) is -1.01. The Bertz CT molecular complexity index is 1110. The molecule has 14 nitrogen and oxygen atoms in total. The number of hydrogen-bond donors (Lipinski definition) is 3. The maximum atomic E-state index is 13.0. The number of carbonyl (C=O) groups excluding carboxylic acids is 4. The first kappa shape index (κ1) is 28.2. The van der Waals surface area contributed by atoms with E-state index < -0.39 is 47.4 Å². The van der Waals surface area contributed by atoms with Crippen LogP contribution in [0, 0.1) is 0 Å². The number of anilines is 1. The molecule has 0 radical (unpaired) electrons.